The summed E-state index contributed by atoms with van der Waals surface area (Å²) in [5.41, 5.74) is 1.06. The number of rotatable bonds is 10. The summed E-state index contributed by atoms with van der Waals surface area (Å²) in [6, 6.07) is 15.6. The van der Waals surface area contributed by atoms with Crippen molar-refractivity contribution in [2.45, 2.75) is 18.9 Å². The number of nitrogens with zero attached hydrogens (tertiary/aromatic N) is 1. The standard InChI is InChI=1S/C21H27BrN2O3/c1-24(2)19(18-10-4-5-11-20(18)26-3)15-23-21(25)12-7-13-27-17-9-6-8-16(22)14-17/h4-6,8-11,14,19H,7,12-13,15H2,1-3H3,(H,23,25). The molecule has 0 spiro atoms. The molecule has 0 radical (unpaired) electrons. The highest BCUT2D eigenvalue weighted by Gasteiger charge is 2.18. The van der Waals surface area contributed by atoms with Crippen molar-refractivity contribution in [1.82, 2.24) is 10.2 Å². The number of para-hydroxylation sites is 1. The predicted molar refractivity (Wildman–Crippen MR) is 111 cm³/mol. The highest BCUT2D eigenvalue weighted by molar-refractivity contribution is 9.10. The van der Waals surface area contributed by atoms with Gasteiger partial charge in [-0.1, -0.05) is 40.2 Å². The van der Waals surface area contributed by atoms with E-state index < -0.39 is 0 Å². The molecule has 146 valence electrons. The van der Waals surface area contributed by atoms with Crippen molar-refractivity contribution < 1.29 is 14.3 Å². The summed E-state index contributed by atoms with van der Waals surface area (Å²) in [7, 11) is 5.65. The molecule has 0 fully saturated rings. The van der Waals surface area contributed by atoms with Gasteiger partial charge in [0.15, 0.2) is 0 Å². The molecule has 1 atom stereocenters. The Hall–Kier alpha value is -2.05. The molecule has 0 saturated heterocycles. The molecule has 0 aliphatic carbocycles. The second-order valence-electron chi connectivity index (χ2n) is 6.43. The van der Waals surface area contributed by atoms with E-state index in [4.69, 9.17) is 9.47 Å². The number of carbonyl (C=O) groups is 1. The zero-order valence-electron chi connectivity index (χ0n) is 16.1. The number of hydrogen-bond donors (Lipinski definition) is 1. The average Bonchev–Trinajstić information content (AvgIpc) is 2.65. The molecule has 0 aliphatic heterocycles. The van der Waals surface area contributed by atoms with Crippen LogP contribution in [0.5, 0.6) is 11.5 Å². The van der Waals surface area contributed by atoms with Crippen LogP contribution in [0.1, 0.15) is 24.4 Å². The number of carbonyl (C=O) groups excluding carboxylic acids is 1. The zero-order chi connectivity index (χ0) is 19.6. The largest absolute Gasteiger partial charge is 0.496 e. The number of ether oxygens (including phenoxy) is 2. The maximum atomic E-state index is 12.2. The molecule has 6 heteroatoms. The van der Waals surface area contributed by atoms with Gasteiger partial charge in [-0.3, -0.25) is 4.79 Å². The molecule has 1 N–H and O–H groups in total. The molecule has 2 aromatic rings. The van der Waals surface area contributed by atoms with Crippen molar-refractivity contribution in [3.63, 3.8) is 0 Å². The summed E-state index contributed by atoms with van der Waals surface area (Å²) < 4.78 is 12.1. The van der Waals surface area contributed by atoms with E-state index in [9.17, 15) is 4.79 Å². The van der Waals surface area contributed by atoms with E-state index in [1.807, 2.05) is 62.6 Å². The maximum Gasteiger partial charge on any atom is 0.220 e. The van der Waals surface area contributed by atoms with Gasteiger partial charge in [0.05, 0.1) is 19.8 Å². The first kappa shape index (κ1) is 21.3. The molecule has 5 nitrogen and oxygen atoms in total. The van der Waals surface area contributed by atoms with Crippen LogP contribution in [0.3, 0.4) is 0 Å². The fourth-order valence-electron chi connectivity index (χ4n) is 2.79. The number of nitrogens with one attached hydrogen (secondary N) is 1. The predicted octanol–water partition coefficient (Wildman–Crippen LogP) is 4.04. The number of halogens is 1. The van der Waals surface area contributed by atoms with Crippen molar-refractivity contribution in [2.24, 2.45) is 0 Å². The lowest BCUT2D eigenvalue weighted by Crippen LogP contribution is -2.34. The Balaban J connectivity index is 1.78. The van der Waals surface area contributed by atoms with E-state index in [2.05, 4.69) is 26.1 Å². The van der Waals surface area contributed by atoms with E-state index in [1.165, 1.54) is 0 Å². The summed E-state index contributed by atoms with van der Waals surface area (Å²) >= 11 is 3.41. The molecule has 0 heterocycles. The molecule has 0 aromatic heterocycles. The Labute approximate surface area is 169 Å². The third kappa shape index (κ3) is 6.88. The van der Waals surface area contributed by atoms with Crippen LogP contribution in [0.2, 0.25) is 0 Å². The van der Waals surface area contributed by atoms with Crippen molar-refractivity contribution in [1.29, 1.82) is 0 Å². The Morgan fingerprint density at radius 3 is 2.67 bits per heavy atom. The van der Waals surface area contributed by atoms with Crippen LogP contribution < -0.4 is 14.8 Å². The van der Waals surface area contributed by atoms with Crippen molar-refractivity contribution in [3.05, 3.63) is 58.6 Å². The van der Waals surface area contributed by atoms with Crippen molar-refractivity contribution in [3.8, 4) is 11.5 Å². The van der Waals surface area contributed by atoms with Gasteiger partial charge in [0, 0.05) is 23.0 Å². The van der Waals surface area contributed by atoms with Crippen LogP contribution in [0, 0.1) is 0 Å². The minimum absolute atomic E-state index is 0.0228. The third-order valence-electron chi connectivity index (χ3n) is 4.23. The van der Waals surface area contributed by atoms with Crippen LogP contribution in [0.25, 0.3) is 0 Å². The van der Waals surface area contributed by atoms with Crippen LogP contribution in [-0.4, -0.2) is 45.2 Å². The van der Waals surface area contributed by atoms with E-state index in [-0.39, 0.29) is 11.9 Å². The average molecular weight is 435 g/mol. The maximum absolute atomic E-state index is 12.2. The summed E-state index contributed by atoms with van der Waals surface area (Å²) in [4.78, 5) is 14.3. The molecule has 1 unspecified atom stereocenters. The Kier molecular flexibility index (Phi) is 8.61. The van der Waals surface area contributed by atoms with Gasteiger partial charge in [-0.05, 0) is 44.8 Å². The van der Waals surface area contributed by atoms with Gasteiger partial charge in [0.1, 0.15) is 11.5 Å². The van der Waals surface area contributed by atoms with Gasteiger partial charge in [0.2, 0.25) is 5.91 Å². The molecular formula is C21H27BrN2O3. The van der Waals surface area contributed by atoms with Gasteiger partial charge >= 0.3 is 0 Å². The summed E-state index contributed by atoms with van der Waals surface area (Å²) in [5, 5.41) is 3.02. The van der Waals surface area contributed by atoms with Crippen LogP contribution >= 0.6 is 15.9 Å². The fourth-order valence-corrected chi connectivity index (χ4v) is 3.17. The highest BCUT2D eigenvalue weighted by Crippen LogP contribution is 2.27. The van der Waals surface area contributed by atoms with E-state index in [1.54, 1.807) is 7.11 Å². The summed E-state index contributed by atoms with van der Waals surface area (Å²) in [6.45, 7) is 1.03. The van der Waals surface area contributed by atoms with Crippen LogP contribution in [-0.2, 0) is 4.79 Å². The van der Waals surface area contributed by atoms with Crippen molar-refractivity contribution >= 4 is 21.8 Å². The zero-order valence-corrected chi connectivity index (χ0v) is 17.7. The van der Waals surface area contributed by atoms with E-state index in [0.29, 0.717) is 26.0 Å². The Morgan fingerprint density at radius 2 is 1.96 bits per heavy atom. The van der Waals surface area contributed by atoms with Crippen LogP contribution in [0.15, 0.2) is 53.0 Å². The Bertz CT molecular complexity index is 737. The van der Waals surface area contributed by atoms with E-state index in [0.717, 1.165) is 21.5 Å². The lowest BCUT2D eigenvalue weighted by Gasteiger charge is -2.26. The SMILES string of the molecule is COc1ccccc1C(CNC(=O)CCCOc1cccc(Br)c1)N(C)C. The molecule has 1 amide bonds. The highest BCUT2D eigenvalue weighted by atomic mass is 79.9. The lowest BCUT2D eigenvalue weighted by molar-refractivity contribution is -0.121. The molecule has 0 aliphatic rings. The second kappa shape index (κ2) is 10.9. The van der Waals surface area contributed by atoms with Crippen molar-refractivity contribution in [2.75, 3.05) is 34.4 Å². The molecular weight excluding hydrogens is 408 g/mol. The van der Waals surface area contributed by atoms with Gasteiger partial charge < -0.3 is 19.7 Å². The van der Waals surface area contributed by atoms with Gasteiger partial charge in [-0.2, -0.15) is 0 Å². The van der Waals surface area contributed by atoms with Gasteiger partial charge in [-0.25, -0.2) is 0 Å². The molecule has 2 rings (SSSR count). The first-order chi connectivity index (χ1) is 13.0. The number of amides is 1. The fraction of sp³-hybridized carbons (Fsp3) is 0.381. The van der Waals surface area contributed by atoms with Crippen LogP contribution in [0.4, 0.5) is 0 Å². The molecule has 27 heavy (non-hydrogen) atoms. The monoisotopic (exact) mass is 434 g/mol. The minimum Gasteiger partial charge on any atom is -0.496 e. The molecule has 0 saturated carbocycles. The topological polar surface area (TPSA) is 50.8 Å². The first-order valence-corrected chi connectivity index (χ1v) is 9.75. The summed E-state index contributed by atoms with van der Waals surface area (Å²) in [5.74, 6) is 1.65. The third-order valence-corrected chi connectivity index (χ3v) is 4.72. The number of hydrogen-bond acceptors (Lipinski definition) is 4. The molecule has 0 bridgehead atoms. The lowest BCUT2D eigenvalue weighted by atomic mass is 10.0. The normalized spacial score (nSPS) is 11.9. The Morgan fingerprint density at radius 1 is 1.19 bits per heavy atom. The van der Waals surface area contributed by atoms with E-state index >= 15 is 0 Å². The number of likely N-dealkylation sites (N-methyl/N-ethyl adjacent to an activating group) is 1. The number of benzene rings is 2. The summed E-state index contributed by atoms with van der Waals surface area (Å²) in [6.07, 6.45) is 1.10. The molecule has 2 aromatic carbocycles. The quantitative estimate of drug-likeness (QED) is 0.573. The van der Waals surface area contributed by atoms with Gasteiger partial charge in [0.25, 0.3) is 0 Å². The van der Waals surface area contributed by atoms with Gasteiger partial charge in [-0.15, -0.1) is 0 Å². The minimum atomic E-state index is 0.0228. The number of methoxy groups -OCH3 is 1. The first-order valence-electron chi connectivity index (χ1n) is 8.95. The second-order valence-corrected chi connectivity index (χ2v) is 7.35. The smallest absolute Gasteiger partial charge is 0.220 e.